The molecule has 7 nitrogen and oxygen atoms in total. The van der Waals surface area contributed by atoms with Crippen LogP contribution in [0.4, 0.5) is 4.39 Å². The van der Waals surface area contributed by atoms with Crippen LogP contribution < -0.4 is 14.8 Å². The van der Waals surface area contributed by atoms with Crippen LogP contribution in [0.2, 0.25) is 5.02 Å². The summed E-state index contributed by atoms with van der Waals surface area (Å²) in [5, 5.41) is 15.9. The molecule has 3 aromatic rings. The SMILES string of the molecule is COc1cc(CNCCSc2nnnn2C)cc(Cl)c1OCc1ccccc1F. The Balaban J connectivity index is 1.55. The maximum absolute atomic E-state index is 13.8. The Morgan fingerprint density at radius 3 is 2.83 bits per heavy atom. The van der Waals surface area contributed by atoms with Gasteiger partial charge in [0.1, 0.15) is 12.4 Å². The average molecular weight is 438 g/mol. The number of nitrogens with zero attached hydrogens (tertiary/aromatic N) is 4. The van der Waals surface area contributed by atoms with E-state index in [9.17, 15) is 4.39 Å². The molecule has 0 aliphatic heterocycles. The number of ether oxygens (including phenoxy) is 2. The summed E-state index contributed by atoms with van der Waals surface area (Å²) in [5.74, 6) is 1.40. The molecule has 0 atom stereocenters. The van der Waals surface area contributed by atoms with E-state index in [1.165, 1.54) is 6.07 Å². The summed E-state index contributed by atoms with van der Waals surface area (Å²) in [7, 11) is 3.35. The minimum absolute atomic E-state index is 0.0640. The number of aryl methyl sites for hydroxylation is 1. The molecule has 29 heavy (non-hydrogen) atoms. The molecule has 1 heterocycles. The third kappa shape index (κ3) is 5.81. The van der Waals surface area contributed by atoms with E-state index in [1.54, 1.807) is 48.8 Å². The van der Waals surface area contributed by atoms with Crippen molar-refractivity contribution in [1.82, 2.24) is 25.5 Å². The zero-order valence-corrected chi connectivity index (χ0v) is 17.6. The lowest BCUT2D eigenvalue weighted by atomic mass is 10.2. The van der Waals surface area contributed by atoms with Gasteiger partial charge in [0.25, 0.3) is 0 Å². The fourth-order valence-electron chi connectivity index (χ4n) is 2.57. The molecule has 154 valence electrons. The summed E-state index contributed by atoms with van der Waals surface area (Å²) in [6.45, 7) is 1.44. The van der Waals surface area contributed by atoms with Gasteiger partial charge < -0.3 is 14.8 Å². The van der Waals surface area contributed by atoms with Gasteiger partial charge in [0.2, 0.25) is 5.16 Å². The standard InChI is InChI=1S/C19H21ClFN5O2S/c1-26-19(23-24-25-26)29-8-7-22-11-13-9-15(20)18(17(10-13)27-2)28-12-14-5-3-4-6-16(14)21/h3-6,9-10,22H,7-8,11-12H2,1-2H3. The Hall–Kier alpha value is -2.36. The molecule has 0 amide bonds. The highest BCUT2D eigenvalue weighted by Gasteiger charge is 2.13. The van der Waals surface area contributed by atoms with Crippen LogP contribution in [0.1, 0.15) is 11.1 Å². The summed E-state index contributed by atoms with van der Waals surface area (Å²) in [5.41, 5.74) is 1.40. The number of rotatable bonds is 10. The quantitative estimate of drug-likeness (QED) is 0.384. The Kier molecular flexibility index (Phi) is 7.68. The Bertz CT molecular complexity index is 956. The minimum Gasteiger partial charge on any atom is -0.493 e. The molecule has 0 aliphatic rings. The van der Waals surface area contributed by atoms with E-state index in [4.69, 9.17) is 21.1 Å². The van der Waals surface area contributed by atoms with Gasteiger partial charge in [0.05, 0.1) is 12.1 Å². The van der Waals surface area contributed by atoms with Crippen LogP contribution in [-0.4, -0.2) is 39.6 Å². The van der Waals surface area contributed by atoms with Crippen LogP contribution in [0.15, 0.2) is 41.6 Å². The molecule has 0 saturated carbocycles. The van der Waals surface area contributed by atoms with Crippen molar-refractivity contribution in [3.8, 4) is 11.5 Å². The number of tetrazole rings is 1. The molecular weight excluding hydrogens is 417 g/mol. The highest BCUT2D eigenvalue weighted by molar-refractivity contribution is 7.99. The molecule has 0 radical (unpaired) electrons. The Morgan fingerprint density at radius 1 is 1.28 bits per heavy atom. The van der Waals surface area contributed by atoms with Crippen LogP contribution in [0.3, 0.4) is 0 Å². The molecule has 3 rings (SSSR count). The van der Waals surface area contributed by atoms with Crippen molar-refractivity contribution in [2.75, 3.05) is 19.4 Å². The lowest BCUT2D eigenvalue weighted by Crippen LogP contribution is -2.17. The van der Waals surface area contributed by atoms with E-state index in [1.807, 2.05) is 12.1 Å². The number of hydrogen-bond acceptors (Lipinski definition) is 7. The zero-order valence-electron chi connectivity index (χ0n) is 16.1. The summed E-state index contributed by atoms with van der Waals surface area (Å²) < 4.78 is 26.6. The van der Waals surface area contributed by atoms with Crippen LogP contribution >= 0.6 is 23.4 Å². The molecule has 1 aromatic heterocycles. The number of aromatic nitrogens is 4. The molecule has 1 N–H and O–H groups in total. The van der Waals surface area contributed by atoms with Gasteiger partial charge in [0.15, 0.2) is 11.5 Å². The smallest absolute Gasteiger partial charge is 0.209 e. The lowest BCUT2D eigenvalue weighted by Gasteiger charge is -2.15. The van der Waals surface area contributed by atoms with Crippen LogP contribution in [0.5, 0.6) is 11.5 Å². The molecule has 0 bridgehead atoms. The third-order valence-electron chi connectivity index (χ3n) is 4.04. The summed E-state index contributed by atoms with van der Waals surface area (Å²) in [4.78, 5) is 0. The highest BCUT2D eigenvalue weighted by Crippen LogP contribution is 2.37. The van der Waals surface area contributed by atoms with E-state index < -0.39 is 0 Å². The minimum atomic E-state index is -0.321. The number of benzene rings is 2. The fraction of sp³-hybridized carbons (Fsp3) is 0.316. The molecule has 0 aliphatic carbocycles. The van der Waals surface area contributed by atoms with E-state index >= 15 is 0 Å². The average Bonchev–Trinajstić information content (AvgIpc) is 3.12. The summed E-state index contributed by atoms with van der Waals surface area (Å²) in [6, 6.07) is 10.1. The summed E-state index contributed by atoms with van der Waals surface area (Å²) >= 11 is 7.96. The van der Waals surface area contributed by atoms with Gasteiger partial charge in [-0.15, -0.1) is 5.10 Å². The van der Waals surface area contributed by atoms with Crippen molar-refractivity contribution >= 4 is 23.4 Å². The first-order chi connectivity index (χ1) is 14.1. The highest BCUT2D eigenvalue weighted by atomic mass is 35.5. The van der Waals surface area contributed by atoms with Gasteiger partial charge in [-0.25, -0.2) is 9.07 Å². The van der Waals surface area contributed by atoms with Gasteiger partial charge in [-0.1, -0.05) is 41.6 Å². The first-order valence-corrected chi connectivity index (χ1v) is 10.2. The van der Waals surface area contributed by atoms with Gasteiger partial charge in [-0.2, -0.15) is 0 Å². The zero-order chi connectivity index (χ0) is 20.6. The first kappa shape index (κ1) is 21.4. The number of halogens is 2. The van der Waals surface area contributed by atoms with Crippen molar-refractivity contribution in [1.29, 1.82) is 0 Å². The van der Waals surface area contributed by atoms with Crippen molar-refractivity contribution in [2.45, 2.75) is 18.3 Å². The van der Waals surface area contributed by atoms with Crippen molar-refractivity contribution in [3.63, 3.8) is 0 Å². The monoisotopic (exact) mass is 437 g/mol. The van der Waals surface area contributed by atoms with E-state index in [0.29, 0.717) is 28.6 Å². The van der Waals surface area contributed by atoms with E-state index in [0.717, 1.165) is 23.0 Å². The van der Waals surface area contributed by atoms with Gasteiger partial charge >= 0.3 is 0 Å². The number of hydrogen-bond donors (Lipinski definition) is 1. The van der Waals surface area contributed by atoms with Crippen molar-refractivity contribution in [3.05, 3.63) is 58.4 Å². The first-order valence-electron chi connectivity index (χ1n) is 8.87. The van der Waals surface area contributed by atoms with Crippen molar-refractivity contribution in [2.24, 2.45) is 7.05 Å². The number of nitrogens with one attached hydrogen (secondary N) is 1. The summed E-state index contributed by atoms with van der Waals surface area (Å²) in [6.07, 6.45) is 0. The molecular formula is C19H21ClFN5O2S. The Morgan fingerprint density at radius 2 is 2.10 bits per heavy atom. The van der Waals surface area contributed by atoms with Gasteiger partial charge in [-0.3, -0.25) is 0 Å². The van der Waals surface area contributed by atoms with Crippen LogP contribution in [-0.2, 0) is 20.2 Å². The molecule has 10 heteroatoms. The molecule has 0 saturated heterocycles. The van der Waals surface area contributed by atoms with Crippen molar-refractivity contribution < 1.29 is 13.9 Å². The van der Waals surface area contributed by atoms with E-state index in [-0.39, 0.29) is 12.4 Å². The second kappa shape index (κ2) is 10.4. The van der Waals surface area contributed by atoms with Crippen LogP contribution in [0.25, 0.3) is 0 Å². The van der Waals surface area contributed by atoms with Gasteiger partial charge in [0, 0.05) is 31.5 Å². The fourth-order valence-corrected chi connectivity index (χ4v) is 3.61. The second-order valence-electron chi connectivity index (χ2n) is 6.10. The van der Waals surface area contributed by atoms with E-state index in [2.05, 4.69) is 20.8 Å². The van der Waals surface area contributed by atoms with Gasteiger partial charge in [-0.05, 0) is 34.2 Å². The normalized spacial score (nSPS) is 10.9. The topological polar surface area (TPSA) is 74.1 Å². The second-order valence-corrected chi connectivity index (χ2v) is 7.57. The molecule has 0 fully saturated rings. The maximum atomic E-state index is 13.8. The third-order valence-corrected chi connectivity index (χ3v) is 5.33. The largest absolute Gasteiger partial charge is 0.493 e. The van der Waals surface area contributed by atoms with Crippen LogP contribution in [0, 0.1) is 5.82 Å². The molecule has 0 spiro atoms. The molecule has 2 aromatic carbocycles. The molecule has 0 unspecified atom stereocenters. The number of thioether (sulfide) groups is 1. The predicted molar refractivity (Wildman–Crippen MR) is 110 cm³/mol. The number of methoxy groups -OCH3 is 1. The Labute approximate surface area is 177 Å². The lowest BCUT2D eigenvalue weighted by molar-refractivity contribution is 0.279. The predicted octanol–water partition coefficient (Wildman–Crippen LogP) is 3.47. The maximum Gasteiger partial charge on any atom is 0.209 e.